The summed E-state index contributed by atoms with van der Waals surface area (Å²) in [5.41, 5.74) is 1.78. The average Bonchev–Trinajstić information content (AvgIpc) is 2.75. The lowest BCUT2D eigenvalue weighted by Gasteiger charge is -2.53. The molecule has 1 spiro atoms. The molecule has 174 valence electrons. The lowest BCUT2D eigenvalue weighted by Crippen LogP contribution is -2.66. The summed E-state index contributed by atoms with van der Waals surface area (Å²) >= 11 is 6.54. The third-order valence-corrected chi connectivity index (χ3v) is 6.78. The Bertz CT molecular complexity index is 975. The van der Waals surface area contributed by atoms with Crippen LogP contribution in [-0.4, -0.2) is 62.3 Å². The Morgan fingerprint density at radius 2 is 1.72 bits per heavy atom. The van der Waals surface area contributed by atoms with Gasteiger partial charge in [-0.1, -0.05) is 42.8 Å². The smallest absolute Gasteiger partial charge is 0.208 e. The zero-order valence-corrected chi connectivity index (χ0v) is 18.8. The minimum absolute atomic E-state index is 0.204. The van der Waals surface area contributed by atoms with E-state index in [1.165, 1.54) is 12.5 Å². The molecule has 1 saturated heterocycles. The normalized spacial score (nSPS) is 34.2. The first-order valence-electron chi connectivity index (χ1n) is 10.7. The van der Waals surface area contributed by atoms with E-state index < -0.39 is 42.4 Å². The van der Waals surface area contributed by atoms with E-state index in [-0.39, 0.29) is 12.2 Å². The van der Waals surface area contributed by atoms with E-state index in [0.29, 0.717) is 17.0 Å². The number of aliphatic hydroxyl groups excluding tert-OH is 4. The molecular weight excluding hydrogens is 436 g/mol. The summed E-state index contributed by atoms with van der Waals surface area (Å²) in [6.07, 6.45) is -4.59. The third kappa shape index (κ3) is 4.03. The fraction of sp³-hybridized carbons (Fsp3) is 0.500. The van der Waals surface area contributed by atoms with Gasteiger partial charge in [0.25, 0.3) is 0 Å². The van der Waals surface area contributed by atoms with E-state index in [2.05, 4.69) is 19.1 Å². The van der Waals surface area contributed by atoms with Crippen LogP contribution in [0.25, 0.3) is 0 Å². The average molecular weight is 465 g/mol. The van der Waals surface area contributed by atoms with Gasteiger partial charge in [-0.2, -0.15) is 0 Å². The van der Waals surface area contributed by atoms with Gasteiger partial charge in [-0.05, 0) is 41.7 Å². The number of hydrogen-bond acceptors (Lipinski definition) is 7. The first-order valence-corrected chi connectivity index (χ1v) is 11.1. The maximum absolute atomic E-state index is 11.0. The maximum atomic E-state index is 11.0. The van der Waals surface area contributed by atoms with Crippen molar-refractivity contribution in [2.75, 3.05) is 6.61 Å². The molecule has 2 aliphatic heterocycles. The second kappa shape index (κ2) is 8.57. The minimum atomic E-state index is -1.74. The molecule has 0 aliphatic carbocycles. The number of aryl methyl sites for hydroxylation is 1. The molecule has 4 rings (SSSR count). The van der Waals surface area contributed by atoms with Crippen molar-refractivity contribution in [1.29, 1.82) is 0 Å². The van der Waals surface area contributed by atoms with Crippen LogP contribution in [0.3, 0.4) is 0 Å². The van der Waals surface area contributed by atoms with Gasteiger partial charge in [0, 0.05) is 23.9 Å². The van der Waals surface area contributed by atoms with Crippen molar-refractivity contribution in [1.82, 2.24) is 0 Å². The van der Waals surface area contributed by atoms with Crippen LogP contribution in [0, 0.1) is 0 Å². The largest absolute Gasteiger partial charge is 0.462 e. The van der Waals surface area contributed by atoms with Gasteiger partial charge in [-0.15, -0.1) is 0 Å². The summed E-state index contributed by atoms with van der Waals surface area (Å²) in [7, 11) is 0. The number of ether oxygens (including phenoxy) is 2. The molecule has 5 N–H and O–H groups in total. The Morgan fingerprint density at radius 3 is 2.34 bits per heavy atom. The summed E-state index contributed by atoms with van der Waals surface area (Å²) < 4.78 is 11.7. The second-order valence-electron chi connectivity index (χ2n) is 8.89. The van der Waals surface area contributed by atoms with Crippen LogP contribution in [0.15, 0.2) is 36.4 Å². The quantitative estimate of drug-likeness (QED) is 0.466. The van der Waals surface area contributed by atoms with Crippen molar-refractivity contribution in [2.24, 2.45) is 0 Å². The van der Waals surface area contributed by atoms with Crippen LogP contribution in [0.2, 0.25) is 5.02 Å². The zero-order chi connectivity index (χ0) is 23.3. The third-order valence-electron chi connectivity index (χ3n) is 6.42. The molecule has 2 aromatic rings. The zero-order valence-electron chi connectivity index (χ0n) is 18.0. The molecule has 1 fully saturated rings. The van der Waals surface area contributed by atoms with Gasteiger partial charge < -0.3 is 35.0 Å². The van der Waals surface area contributed by atoms with Crippen molar-refractivity contribution >= 4 is 11.6 Å². The molecule has 0 radical (unpaired) electrons. The van der Waals surface area contributed by atoms with Gasteiger partial charge in [-0.25, -0.2) is 0 Å². The molecule has 2 aromatic carbocycles. The Morgan fingerprint density at radius 1 is 1.06 bits per heavy atom. The lowest BCUT2D eigenvalue weighted by molar-refractivity contribution is -0.311. The summed E-state index contributed by atoms with van der Waals surface area (Å²) in [5, 5.41) is 52.6. The van der Waals surface area contributed by atoms with Crippen LogP contribution in [0.4, 0.5) is 0 Å². The van der Waals surface area contributed by atoms with Gasteiger partial charge in [0.05, 0.1) is 6.61 Å². The van der Waals surface area contributed by atoms with Gasteiger partial charge in [0.15, 0.2) is 0 Å². The predicted octanol–water partition coefficient (Wildman–Crippen LogP) is 1.65. The summed E-state index contributed by atoms with van der Waals surface area (Å²) in [6, 6.07) is 11.5. The minimum Gasteiger partial charge on any atom is -0.462 e. The van der Waals surface area contributed by atoms with Crippen LogP contribution in [0.1, 0.15) is 42.5 Å². The fourth-order valence-electron chi connectivity index (χ4n) is 4.73. The molecule has 7 nitrogen and oxygen atoms in total. The molecule has 32 heavy (non-hydrogen) atoms. The molecule has 8 heteroatoms. The lowest BCUT2D eigenvalue weighted by atomic mass is 9.73. The highest BCUT2D eigenvalue weighted by Crippen LogP contribution is 2.52. The molecule has 0 bridgehead atoms. The second-order valence-corrected chi connectivity index (χ2v) is 9.30. The SMILES string of the molecule is CCc1ccc(Cc2cc3c(cc2Cl)OC(C)(O)CC32O[C@H](CO)[C@@H](O)[C@H](O)[C@H]2O)cc1. The van der Waals surface area contributed by atoms with Crippen molar-refractivity contribution in [3.63, 3.8) is 0 Å². The van der Waals surface area contributed by atoms with Gasteiger partial charge in [-0.3, -0.25) is 0 Å². The number of aliphatic hydroxyl groups is 5. The summed E-state index contributed by atoms with van der Waals surface area (Å²) in [6.45, 7) is 2.93. The standard InChI is InChI=1S/C24H29ClO7/c1-3-13-4-6-14(7-5-13)8-15-9-16-18(10-17(15)25)31-23(2,30)12-24(16)22(29)21(28)20(27)19(11-26)32-24/h4-7,9-10,19-22,26-30H,3,8,11-12H2,1-2H3/t19-,20-,21+,22-,23?,24?/m1/s1. The van der Waals surface area contributed by atoms with Crippen LogP contribution in [0.5, 0.6) is 5.75 Å². The monoisotopic (exact) mass is 464 g/mol. The molecular formula is C24H29ClO7. The molecule has 6 atom stereocenters. The highest BCUT2D eigenvalue weighted by Gasteiger charge is 2.60. The topological polar surface area (TPSA) is 120 Å². The molecule has 2 heterocycles. The van der Waals surface area contributed by atoms with Gasteiger partial charge >= 0.3 is 0 Å². The van der Waals surface area contributed by atoms with Crippen LogP contribution in [-0.2, 0) is 23.2 Å². The molecule has 2 unspecified atom stereocenters. The van der Waals surface area contributed by atoms with Gasteiger partial charge in [0.2, 0.25) is 5.79 Å². The molecule has 0 aromatic heterocycles. The van der Waals surface area contributed by atoms with Gasteiger partial charge in [0.1, 0.15) is 35.8 Å². The van der Waals surface area contributed by atoms with E-state index >= 15 is 0 Å². The Hall–Kier alpha value is -1.71. The number of hydrogen-bond donors (Lipinski definition) is 5. The first kappa shape index (κ1) is 23.4. The highest BCUT2D eigenvalue weighted by molar-refractivity contribution is 6.31. The van der Waals surface area contributed by atoms with Crippen molar-refractivity contribution in [3.8, 4) is 5.75 Å². The van der Waals surface area contributed by atoms with Crippen molar-refractivity contribution in [2.45, 2.75) is 68.9 Å². The van der Waals surface area contributed by atoms with Crippen molar-refractivity contribution in [3.05, 3.63) is 63.7 Å². The number of fused-ring (bicyclic) bond motifs is 2. The Kier molecular flexibility index (Phi) is 6.28. The first-order chi connectivity index (χ1) is 15.1. The number of rotatable bonds is 4. The fourth-order valence-corrected chi connectivity index (χ4v) is 4.95. The van der Waals surface area contributed by atoms with E-state index in [1.54, 1.807) is 12.1 Å². The molecule has 0 amide bonds. The van der Waals surface area contributed by atoms with E-state index in [1.807, 2.05) is 12.1 Å². The predicted molar refractivity (Wildman–Crippen MR) is 118 cm³/mol. The van der Waals surface area contributed by atoms with E-state index in [0.717, 1.165) is 17.5 Å². The maximum Gasteiger partial charge on any atom is 0.208 e. The summed E-state index contributed by atoms with van der Waals surface area (Å²) in [4.78, 5) is 0. The van der Waals surface area contributed by atoms with E-state index in [9.17, 15) is 25.5 Å². The molecule has 2 aliphatic rings. The number of benzene rings is 2. The summed E-state index contributed by atoms with van der Waals surface area (Å²) in [5.74, 6) is -1.53. The number of halogens is 1. The van der Waals surface area contributed by atoms with Crippen LogP contribution < -0.4 is 4.74 Å². The Balaban J connectivity index is 1.80. The highest BCUT2D eigenvalue weighted by atomic mass is 35.5. The molecule has 0 saturated carbocycles. The Labute approximate surface area is 191 Å². The van der Waals surface area contributed by atoms with Crippen molar-refractivity contribution < 1.29 is 35.0 Å². The van der Waals surface area contributed by atoms with E-state index in [4.69, 9.17) is 21.1 Å². The van der Waals surface area contributed by atoms with Crippen LogP contribution >= 0.6 is 11.6 Å².